The number of benzene rings is 1. The lowest BCUT2D eigenvalue weighted by atomic mass is 9.75. The first-order valence-corrected chi connectivity index (χ1v) is 7.63. The van der Waals surface area contributed by atoms with Gasteiger partial charge < -0.3 is 5.11 Å². The van der Waals surface area contributed by atoms with Crippen molar-refractivity contribution in [2.75, 3.05) is 0 Å². The van der Waals surface area contributed by atoms with E-state index in [0.29, 0.717) is 6.42 Å². The number of aryl methyl sites for hydroxylation is 1. The number of hydrogen-bond donors (Lipinski definition) is 1. The van der Waals surface area contributed by atoms with E-state index < -0.39 is 5.60 Å². The van der Waals surface area contributed by atoms with Gasteiger partial charge in [-0.3, -0.25) is 4.79 Å². The molecule has 2 aliphatic rings. The highest BCUT2D eigenvalue weighted by atomic mass is 16.3. The summed E-state index contributed by atoms with van der Waals surface area (Å²) in [6.45, 7) is 2.03. The molecule has 1 N–H and O–H groups in total. The van der Waals surface area contributed by atoms with Gasteiger partial charge in [-0.15, -0.1) is 0 Å². The maximum absolute atomic E-state index is 12.6. The van der Waals surface area contributed by atoms with Crippen molar-refractivity contribution >= 4 is 11.9 Å². The lowest BCUT2D eigenvalue weighted by molar-refractivity contribution is -0.0114. The standard InChI is InChI=1S/C18H22O2/c1-13-6-5-7-16-15(13)9-8-14(17(16)19)12-18(20)10-3-2-4-11-18/h5-9,14,20H,2-4,10-12H2,1H3. The van der Waals surface area contributed by atoms with Crippen LogP contribution in [0.5, 0.6) is 0 Å². The molecule has 0 bridgehead atoms. The minimum absolute atomic E-state index is 0.160. The summed E-state index contributed by atoms with van der Waals surface area (Å²) in [6.07, 6.45) is 9.67. The van der Waals surface area contributed by atoms with Gasteiger partial charge in [0.1, 0.15) is 0 Å². The second kappa shape index (κ2) is 5.17. The molecular weight excluding hydrogens is 248 g/mol. The molecule has 20 heavy (non-hydrogen) atoms. The highest BCUT2D eigenvalue weighted by Gasteiger charge is 2.35. The van der Waals surface area contributed by atoms with Crippen molar-refractivity contribution in [1.29, 1.82) is 0 Å². The van der Waals surface area contributed by atoms with E-state index in [1.807, 2.05) is 31.2 Å². The van der Waals surface area contributed by atoms with Crippen molar-refractivity contribution in [2.45, 2.75) is 51.0 Å². The highest BCUT2D eigenvalue weighted by Crippen LogP contribution is 2.37. The van der Waals surface area contributed by atoms with Gasteiger partial charge in [0.25, 0.3) is 0 Å². The molecule has 1 aromatic rings. The van der Waals surface area contributed by atoms with Crippen LogP contribution >= 0.6 is 0 Å². The van der Waals surface area contributed by atoms with Gasteiger partial charge in [0, 0.05) is 11.5 Å². The molecule has 0 aliphatic heterocycles. The Labute approximate surface area is 120 Å². The fourth-order valence-corrected chi connectivity index (χ4v) is 3.60. The van der Waals surface area contributed by atoms with E-state index >= 15 is 0 Å². The molecule has 0 amide bonds. The molecule has 1 fully saturated rings. The second-order valence-corrected chi connectivity index (χ2v) is 6.36. The van der Waals surface area contributed by atoms with Crippen molar-refractivity contribution in [3.63, 3.8) is 0 Å². The number of aliphatic hydroxyl groups is 1. The molecule has 2 heteroatoms. The maximum atomic E-state index is 12.6. The Morgan fingerprint density at radius 3 is 2.75 bits per heavy atom. The van der Waals surface area contributed by atoms with E-state index in [1.165, 1.54) is 6.42 Å². The van der Waals surface area contributed by atoms with Crippen molar-refractivity contribution < 1.29 is 9.90 Å². The zero-order valence-electron chi connectivity index (χ0n) is 12.1. The van der Waals surface area contributed by atoms with E-state index in [2.05, 4.69) is 6.08 Å². The summed E-state index contributed by atoms with van der Waals surface area (Å²) in [5, 5.41) is 10.7. The van der Waals surface area contributed by atoms with Crippen LogP contribution in [0.2, 0.25) is 0 Å². The van der Waals surface area contributed by atoms with Crippen molar-refractivity contribution in [1.82, 2.24) is 0 Å². The van der Waals surface area contributed by atoms with Gasteiger partial charge in [-0.2, -0.15) is 0 Å². The lowest BCUT2D eigenvalue weighted by Crippen LogP contribution is -2.36. The van der Waals surface area contributed by atoms with Gasteiger partial charge in [-0.1, -0.05) is 49.6 Å². The van der Waals surface area contributed by atoms with E-state index in [1.54, 1.807) is 0 Å². The molecule has 0 spiro atoms. The summed E-state index contributed by atoms with van der Waals surface area (Å²) in [5.41, 5.74) is 2.37. The Kier molecular flexibility index (Phi) is 3.51. The summed E-state index contributed by atoms with van der Waals surface area (Å²) >= 11 is 0. The van der Waals surface area contributed by atoms with Crippen LogP contribution in [-0.2, 0) is 0 Å². The quantitative estimate of drug-likeness (QED) is 0.884. The summed E-state index contributed by atoms with van der Waals surface area (Å²) in [5.74, 6) is 0.0117. The van der Waals surface area contributed by atoms with E-state index in [4.69, 9.17) is 0 Å². The molecule has 0 radical (unpaired) electrons. The van der Waals surface area contributed by atoms with Crippen LogP contribution in [-0.4, -0.2) is 16.5 Å². The van der Waals surface area contributed by atoms with Crippen LogP contribution in [0.25, 0.3) is 6.08 Å². The zero-order valence-corrected chi connectivity index (χ0v) is 12.1. The van der Waals surface area contributed by atoms with Gasteiger partial charge in [-0.25, -0.2) is 0 Å². The largest absolute Gasteiger partial charge is 0.390 e. The van der Waals surface area contributed by atoms with Crippen molar-refractivity contribution in [3.8, 4) is 0 Å². The van der Waals surface area contributed by atoms with Crippen molar-refractivity contribution in [3.05, 3.63) is 41.0 Å². The monoisotopic (exact) mass is 270 g/mol. The maximum Gasteiger partial charge on any atom is 0.170 e. The summed E-state index contributed by atoms with van der Waals surface area (Å²) < 4.78 is 0. The van der Waals surface area contributed by atoms with Gasteiger partial charge in [-0.05, 0) is 37.3 Å². The first kappa shape index (κ1) is 13.6. The average molecular weight is 270 g/mol. The van der Waals surface area contributed by atoms with Crippen molar-refractivity contribution in [2.24, 2.45) is 5.92 Å². The number of ketones is 1. The van der Waals surface area contributed by atoms with Gasteiger partial charge in [0.15, 0.2) is 5.78 Å². The third kappa shape index (κ3) is 2.45. The highest BCUT2D eigenvalue weighted by molar-refractivity contribution is 6.04. The Hall–Kier alpha value is -1.41. The van der Waals surface area contributed by atoms with Crippen LogP contribution in [0.3, 0.4) is 0 Å². The lowest BCUT2D eigenvalue weighted by Gasteiger charge is -2.35. The number of carbonyl (C=O) groups excluding carboxylic acids is 1. The third-order valence-electron chi connectivity index (χ3n) is 4.81. The predicted molar refractivity (Wildman–Crippen MR) is 80.7 cm³/mol. The molecule has 3 rings (SSSR count). The minimum atomic E-state index is -0.635. The molecule has 2 nitrogen and oxygen atoms in total. The molecule has 1 aromatic carbocycles. The first-order valence-electron chi connectivity index (χ1n) is 7.63. The molecule has 0 aromatic heterocycles. The van der Waals surface area contributed by atoms with Crippen LogP contribution in [0, 0.1) is 12.8 Å². The molecule has 1 unspecified atom stereocenters. The fourth-order valence-electron chi connectivity index (χ4n) is 3.60. The number of rotatable bonds is 2. The fraction of sp³-hybridized carbons (Fsp3) is 0.500. The van der Waals surface area contributed by atoms with Crippen LogP contribution in [0.4, 0.5) is 0 Å². The average Bonchev–Trinajstić information content (AvgIpc) is 2.43. The number of fused-ring (bicyclic) bond motifs is 1. The van der Waals surface area contributed by atoms with E-state index in [9.17, 15) is 9.90 Å². The SMILES string of the molecule is Cc1cccc2c1C=CC(CC1(O)CCCCC1)C2=O. The molecule has 1 saturated carbocycles. The van der Waals surface area contributed by atoms with Gasteiger partial charge in [0.2, 0.25) is 0 Å². The van der Waals surface area contributed by atoms with E-state index in [-0.39, 0.29) is 11.7 Å². The predicted octanol–water partition coefficient (Wildman–Crippen LogP) is 3.91. The molecule has 0 saturated heterocycles. The molecule has 2 aliphatic carbocycles. The Bertz CT molecular complexity index is 551. The Morgan fingerprint density at radius 1 is 1.25 bits per heavy atom. The minimum Gasteiger partial charge on any atom is -0.390 e. The number of Topliss-reactive ketones (excluding diaryl/α,β-unsaturated/α-hetero) is 1. The van der Waals surface area contributed by atoms with Gasteiger partial charge >= 0.3 is 0 Å². The second-order valence-electron chi connectivity index (χ2n) is 6.36. The normalized spacial score (nSPS) is 24.5. The topological polar surface area (TPSA) is 37.3 Å². The zero-order chi connectivity index (χ0) is 14.2. The smallest absolute Gasteiger partial charge is 0.170 e. The third-order valence-corrected chi connectivity index (χ3v) is 4.81. The van der Waals surface area contributed by atoms with Crippen LogP contribution in [0.1, 0.15) is 60.0 Å². The van der Waals surface area contributed by atoms with Crippen LogP contribution < -0.4 is 0 Å². The van der Waals surface area contributed by atoms with E-state index in [0.717, 1.165) is 42.4 Å². The van der Waals surface area contributed by atoms with Gasteiger partial charge in [0.05, 0.1) is 5.60 Å². The Balaban J connectivity index is 1.83. The molecule has 106 valence electrons. The molecule has 1 atom stereocenters. The number of allylic oxidation sites excluding steroid dienone is 1. The number of hydrogen-bond acceptors (Lipinski definition) is 2. The number of carbonyl (C=O) groups is 1. The molecule has 0 heterocycles. The summed E-state index contributed by atoms with van der Waals surface area (Å²) in [7, 11) is 0. The summed E-state index contributed by atoms with van der Waals surface area (Å²) in [6, 6.07) is 5.88. The Morgan fingerprint density at radius 2 is 2.00 bits per heavy atom. The summed E-state index contributed by atoms with van der Waals surface area (Å²) in [4.78, 5) is 12.6. The molecular formula is C18H22O2. The van der Waals surface area contributed by atoms with Crippen LogP contribution in [0.15, 0.2) is 24.3 Å². The first-order chi connectivity index (χ1) is 9.59.